The quantitative estimate of drug-likeness (QED) is 0.157. The van der Waals surface area contributed by atoms with Crippen LogP contribution in [0.2, 0.25) is 0 Å². The van der Waals surface area contributed by atoms with E-state index < -0.39 is 18.0 Å². The number of hydrogen-bond acceptors (Lipinski definition) is 5. The van der Waals surface area contributed by atoms with Crippen molar-refractivity contribution >= 4 is 17.8 Å². The first kappa shape index (κ1) is 30.5. The monoisotopic (exact) mass is 520 g/mol. The molecule has 38 heavy (non-hydrogen) atoms. The highest BCUT2D eigenvalue weighted by atomic mass is 16.5. The maximum Gasteiger partial charge on any atom is 0.305 e. The van der Waals surface area contributed by atoms with Gasteiger partial charge in [0.25, 0.3) is 0 Å². The highest BCUT2D eigenvalue weighted by Crippen LogP contribution is 2.13. The molecule has 2 aromatic rings. The Labute approximate surface area is 226 Å². The van der Waals surface area contributed by atoms with Crippen molar-refractivity contribution in [3.63, 3.8) is 0 Å². The fourth-order valence-corrected chi connectivity index (χ4v) is 4.08. The lowest BCUT2D eigenvalue weighted by molar-refractivity contribution is -0.145. The van der Waals surface area contributed by atoms with E-state index in [1.807, 2.05) is 60.7 Å². The summed E-state index contributed by atoms with van der Waals surface area (Å²) in [5.74, 6) is -1.61. The van der Waals surface area contributed by atoms with Crippen LogP contribution in [0, 0.1) is 5.92 Å². The van der Waals surface area contributed by atoms with Crippen LogP contribution < -0.4 is 10.6 Å². The second kappa shape index (κ2) is 17.7. The first-order valence-corrected chi connectivity index (χ1v) is 13.1. The Morgan fingerprint density at radius 3 is 2.03 bits per heavy atom. The van der Waals surface area contributed by atoms with E-state index in [0.717, 1.165) is 17.5 Å². The fraction of sp³-hybridized carbons (Fsp3) is 0.387. The number of allylic oxidation sites excluding steroid dienone is 2. The zero-order chi connectivity index (χ0) is 27.6. The lowest BCUT2D eigenvalue weighted by Crippen LogP contribution is -2.45. The minimum absolute atomic E-state index is 0.0320. The number of carbonyl (C=O) groups excluding carboxylic acids is 3. The summed E-state index contributed by atoms with van der Waals surface area (Å²) in [6.07, 6.45) is 6.25. The summed E-state index contributed by atoms with van der Waals surface area (Å²) in [6.45, 7) is 7.21. The second-order valence-corrected chi connectivity index (χ2v) is 9.32. The molecule has 0 aliphatic heterocycles. The Kier molecular flexibility index (Phi) is 14.2. The number of aliphatic hydroxyl groups excluding tert-OH is 1. The Morgan fingerprint density at radius 1 is 0.868 bits per heavy atom. The molecule has 7 nitrogen and oxygen atoms in total. The maximum absolute atomic E-state index is 13.2. The van der Waals surface area contributed by atoms with Gasteiger partial charge in [-0.15, -0.1) is 13.2 Å². The molecule has 2 rings (SSSR count). The van der Waals surface area contributed by atoms with Crippen LogP contribution in [0.25, 0.3) is 0 Å². The number of rotatable bonds is 18. The van der Waals surface area contributed by atoms with E-state index in [4.69, 9.17) is 4.74 Å². The number of unbranched alkanes of at least 4 members (excludes halogenated alkanes) is 1. The molecule has 7 heteroatoms. The van der Waals surface area contributed by atoms with Crippen LogP contribution in [0.15, 0.2) is 86.0 Å². The van der Waals surface area contributed by atoms with Crippen molar-refractivity contribution in [1.29, 1.82) is 0 Å². The van der Waals surface area contributed by atoms with Gasteiger partial charge >= 0.3 is 5.97 Å². The summed E-state index contributed by atoms with van der Waals surface area (Å²) < 4.78 is 5.45. The molecule has 2 amide bonds. The Bertz CT molecular complexity index is 1010. The number of amides is 2. The molecule has 0 saturated carbocycles. The van der Waals surface area contributed by atoms with Crippen LogP contribution in [0.5, 0.6) is 0 Å². The van der Waals surface area contributed by atoms with Crippen molar-refractivity contribution in [2.45, 2.75) is 57.0 Å². The molecule has 0 radical (unpaired) electrons. The number of ether oxygens (including phenoxy) is 1. The topological polar surface area (TPSA) is 105 Å². The maximum atomic E-state index is 13.2. The number of nitrogens with one attached hydrogen (secondary N) is 2. The third-order valence-corrected chi connectivity index (χ3v) is 6.07. The highest BCUT2D eigenvalue weighted by molar-refractivity contribution is 5.86. The molecule has 0 bridgehead atoms. The molecule has 0 aliphatic rings. The third kappa shape index (κ3) is 12.0. The summed E-state index contributed by atoms with van der Waals surface area (Å²) in [5, 5.41) is 15.6. The molecule has 0 unspecified atom stereocenters. The number of hydrogen-bond donors (Lipinski definition) is 3. The van der Waals surface area contributed by atoms with Crippen LogP contribution in [0.3, 0.4) is 0 Å². The standard InChI is InChI=1S/C31H40N2O5/c1-3-5-8-18-30(36)38-23-28(20-25-16-11-7-12-17-25)33-31(37)26(13-4-2)21-29(35)32-27(22-34)19-24-14-9-6-10-15-24/h3-4,6-7,9-12,14-17,26-28,34H,1-2,5,8,13,18-23H2,(H,32,35)(H,33,37)/t26-,27-,28+/m1/s1. The van der Waals surface area contributed by atoms with Gasteiger partial charge in [0, 0.05) is 12.8 Å². The van der Waals surface area contributed by atoms with Gasteiger partial charge in [0.05, 0.1) is 24.6 Å². The average Bonchev–Trinajstić information content (AvgIpc) is 2.92. The Balaban J connectivity index is 2.00. The summed E-state index contributed by atoms with van der Waals surface area (Å²) in [7, 11) is 0. The highest BCUT2D eigenvalue weighted by Gasteiger charge is 2.25. The van der Waals surface area contributed by atoms with Gasteiger partial charge in [-0.3, -0.25) is 14.4 Å². The first-order valence-electron chi connectivity index (χ1n) is 13.1. The molecule has 204 valence electrons. The van der Waals surface area contributed by atoms with Crippen molar-refractivity contribution in [3.05, 3.63) is 97.1 Å². The minimum atomic E-state index is -0.648. The average molecular weight is 521 g/mol. The summed E-state index contributed by atoms with van der Waals surface area (Å²) >= 11 is 0. The molecule has 0 aromatic heterocycles. The zero-order valence-electron chi connectivity index (χ0n) is 22.0. The predicted molar refractivity (Wildman–Crippen MR) is 149 cm³/mol. The van der Waals surface area contributed by atoms with E-state index in [0.29, 0.717) is 25.7 Å². The molecule has 0 fully saturated rings. The van der Waals surface area contributed by atoms with Crippen LogP contribution in [-0.4, -0.2) is 48.2 Å². The predicted octanol–water partition coefficient (Wildman–Crippen LogP) is 3.92. The van der Waals surface area contributed by atoms with Gasteiger partial charge in [0.15, 0.2) is 0 Å². The van der Waals surface area contributed by atoms with Crippen molar-refractivity contribution in [1.82, 2.24) is 10.6 Å². The van der Waals surface area contributed by atoms with E-state index in [1.54, 1.807) is 12.2 Å². The molecule has 0 aliphatic carbocycles. The summed E-state index contributed by atoms with van der Waals surface area (Å²) in [5.41, 5.74) is 1.99. The van der Waals surface area contributed by atoms with Crippen LogP contribution in [-0.2, 0) is 32.0 Å². The minimum Gasteiger partial charge on any atom is -0.463 e. The van der Waals surface area contributed by atoms with Gasteiger partial charge < -0.3 is 20.5 Å². The number of esters is 1. The van der Waals surface area contributed by atoms with Crippen molar-refractivity contribution in [2.24, 2.45) is 5.92 Å². The van der Waals surface area contributed by atoms with E-state index >= 15 is 0 Å². The fourth-order valence-electron chi connectivity index (χ4n) is 4.08. The lowest BCUT2D eigenvalue weighted by atomic mass is 9.98. The van der Waals surface area contributed by atoms with Crippen LogP contribution in [0.4, 0.5) is 0 Å². The Hall–Kier alpha value is -3.71. The summed E-state index contributed by atoms with van der Waals surface area (Å²) in [6, 6.07) is 18.3. The molecule has 2 aromatic carbocycles. The molecule has 0 spiro atoms. The molecular formula is C31H40N2O5. The number of carbonyl (C=O) groups is 3. The van der Waals surface area contributed by atoms with Gasteiger partial charge in [-0.05, 0) is 43.2 Å². The van der Waals surface area contributed by atoms with Gasteiger partial charge in [-0.1, -0.05) is 72.8 Å². The first-order chi connectivity index (χ1) is 18.4. The smallest absolute Gasteiger partial charge is 0.305 e. The molecule has 0 saturated heterocycles. The van der Waals surface area contributed by atoms with E-state index in [-0.39, 0.29) is 43.8 Å². The molecular weight excluding hydrogens is 480 g/mol. The normalized spacial score (nSPS) is 13.0. The molecule has 0 heterocycles. The van der Waals surface area contributed by atoms with Crippen molar-refractivity contribution in [2.75, 3.05) is 13.2 Å². The largest absolute Gasteiger partial charge is 0.463 e. The second-order valence-electron chi connectivity index (χ2n) is 9.32. The summed E-state index contributed by atoms with van der Waals surface area (Å²) in [4.78, 5) is 38.2. The zero-order valence-corrected chi connectivity index (χ0v) is 22.0. The molecule has 3 atom stereocenters. The van der Waals surface area contributed by atoms with E-state index in [9.17, 15) is 19.5 Å². The number of aliphatic hydroxyl groups is 1. The van der Waals surface area contributed by atoms with Gasteiger partial charge in [0.1, 0.15) is 6.61 Å². The van der Waals surface area contributed by atoms with Crippen LogP contribution >= 0.6 is 0 Å². The third-order valence-electron chi connectivity index (χ3n) is 6.07. The lowest BCUT2D eigenvalue weighted by Gasteiger charge is -2.23. The van der Waals surface area contributed by atoms with Crippen molar-refractivity contribution < 1.29 is 24.2 Å². The number of benzene rings is 2. The van der Waals surface area contributed by atoms with Gasteiger partial charge in [-0.2, -0.15) is 0 Å². The molecule has 3 N–H and O–H groups in total. The van der Waals surface area contributed by atoms with Crippen molar-refractivity contribution in [3.8, 4) is 0 Å². The Morgan fingerprint density at radius 2 is 1.47 bits per heavy atom. The van der Waals surface area contributed by atoms with E-state index in [1.165, 1.54) is 0 Å². The SMILES string of the molecule is C=CCCCC(=O)OC[C@H](Cc1ccccc1)NC(=O)[C@H](CC=C)CC(=O)N[C@@H](CO)Cc1ccccc1. The van der Waals surface area contributed by atoms with E-state index in [2.05, 4.69) is 23.8 Å². The van der Waals surface area contributed by atoms with Gasteiger partial charge in [0.2, 0.25) is 11.8 Å². The van der Waals surface area contributed by atoms with Crippen LogP contribution in [0.1, 0.15) is 43.2 Å². The van der Waals surface area contributed by atoms with Gasteiger partial charge in [-0.25, -0.2) is 0 Å².